The molecule has 0 unspecified atom stereocenters. The van der Waals surface area contributed by atoms with Gasteiger partial charge in [0.15, 0.2) is 5.69 Å². The number of hydrogen-bond donors (Lipinski definition) is 0. The van der Waals surface area contributed by atoms with E-state index in [9.17, 15) is 9.59 Å². The van der Waals surface area contributed by atoms with Crippen LogP contribution in [0.5, 0.6) is 0 Å². The molecule has 1 aromatic carbocycles. The summed E-state index contributed by atoms with van der Waals surface area (Å²) in [5, 5.41) is 2.85. The number of ether oxygens (including phenoxy) is 1. The summed E-state index contributed by atoms with van der Waals surface area (Å²) in [4.78, 5) is 30.4. The fourth-order valence-electron chi connectivity index (χ4n) is 2.10. The first kappa shape index (κ1) is 18.4. The molecule has 0 bridgehead atoms. The molecule has 5 nitrogen and oxygen atoms in total. The lowest BCUT2D eigenvalue weighted by Crippen LogP contribution is -2.36. The fraction of sp³-hybridized carbons (Fsp3) is 0.353. The number of nitrogens with zero attached hydrogens (tertiary/aromatic N) is 2. The maximum Gasteiger partial charge on any atom is 0.357 e. The lowest BCUT2D eigenvalue weighted by atomic mass is 10.1. The number of rotatable bonds is 6. The van der Waals surface area contributed by atoms with E-state index in [4.69, 9.17) is 16.3 Å². The van der Waals surface area contributed by atoms with Crippen molar-refractivity contribution in [3.63, 3.8) is 0 Å². The van der Waals surface area contributed by atoms with Gasteiger partial charge in [-0.1, -0.05) is 17.7 Å². The third-order valence-corrected chi connectivity index (χ3v) is 4.37. The summed E-state index contributed by atoms with van der Waals surface area (Å²) in [6.07, 6.45) is 0. The molecule has 0 fully saturated rings. The van der Waals surface area contributed by atoms with E-state index < -0.39 is 5.97 Å². The molecule has 0 spiro atoms. The standard InChI is InChI=1S/C17H19ClN2O3S/c1-4-23-17(22)14-10-24-15(19-14)9-20(11(2)3)16(21)12-6-5-7-13(18)8-12/h5-8,10-11H,4,9H2,1-3H3. The largest absolute Gasteiger partial charge is 0.461 e. The van der Waals surface area contributed by atoms with Crippen LogP contribution in [0.2, 0.25) is 5.02 Å². The number of benzene rings is 1. The second-order valence-corrected chi connectivity index (χ2v) is 6.76. The molecule has 0 aliphatic heterocycles. The van der Waals surface area contributed by atoms with Gasteiger partial charge in [-0.2, -0.15) is 0 Å². The highest BCUT2D eigenvalue weighted by molar-refractivity contribution is 7.09. The van der Waals surface area contributed by atoms with Gasteiger partial charge in [0.1, 0.15) is 5.01 Å². The van der Waals surface area contributed by atoms with Crippen LogP contribution >= 0.6 is 22.9 Å². The van der Waals surface area contributed by atoms with E-state index in [-0.39, 0.29) is 17.6 Å². The number of aromatic nitrogens is 1. The number of esters is 1. The van der Waals surface area contributed by atoms with Crippen molar-refractivity contribution < 1.29 is 14.3 Å². The summed E-state index contributed by atoms with van der Waals surface area (Å²) in [7, 11) is 0. The van der Waals surface area contributed by atoms with Gasteiger partial charge in [-0.15, -0.1) is 11.3 Å². The Morgan fingerprint density at radius 1 is 1.38 bits per heavy atom. The summed E-state index contributed by atoms with van der Waals surface area (Å²) in [5.74, 6) is -0.572. The Morgan fingerprint density at radius 2 is 2.12 bits per heavy atom. The normalized spacial score (nSPS) is 10.7. The van der Waals surface area contributed by atoms with Gasteiger partial charge in [0.25, 0.3) is 5.91 Å². The molecule has 0 N–H and O–H groups in total. The van der Waals surface area contributed by atoms with Crippen molar-refractivity contribution in [3.8, 4) is 0 Å². The molecular weight excluding hydrogens is 348 g/mol. The van der Waals surface area contributed by atoms with Crippen molar-refractivity contribution in [3.05, 3.63) is 50.9 Å². The molecule has 1 aromatic heterocycles. The van der Waals surface area contributed by atoms with Gasteiger partial charge in [0.2, 0.25) is 0 Å². The van der Waals surface area contributed by atoms with Crippen LogP contribution in [0.1, 0.15) is 46.6 Å². The molecule has 0 radical (unpaired) electrons. The maximum absolute atomic E-state index is 12.7. The number of amides is 1. The summed E-state index contributed by atoms with van der Waals surface area (Å²) in [6.45, 7) is 6.24. The van der Waals surface area contributed by atoms with Gasteiger partial charge in [-0.05, 0) is 39.0 Å². The zero-order valence-electron chi connectivity index (χ0n) is 13.8. The highest BCUT2D eigenvalue weighted by Crippen LogP contribution is 2.19. The Bertz CT molecular complexity index is 730. The number of thiazole rings is 1. The van der Waals surface area contributed by atoms with Crippen molar-refractivity contribution >= 4 is 34.8 Å². The molecule has 0 aliphatic rings. The second kappa shape index (κ2) is 8.26. The first-order chi connectivity index (χ1) is 11.4. The van der Waals surface area contributed by atoms with E-state index in [0.717, 1.165) is 0 Å². The Hall–Kier alpha value is -1.92. The van der Waals surface area contributed by atoms with Crippen molar-refractivity contribution in [2.45, 2.75) is 33.4 Å². The van der Waals surface area contributed by atoms with Crippen LogP contribution in [0.3, 0.4) is 0 Å². The zero-order chi connectivity index (χ0) is 17.7. The van der Waals surface area contributed by atoms with Gasteiger partial charge < -0.3 is 9.64 Å². The highest BCUT2D eigenvalue weighted by atomic mass is 35.5. The Kier molecular flexibility index (Phi) is 6.34. The van der Waals surface area contributed by atoms with Crippen LogP contribution < -0.4 is 0 Å². The van der Waals surface area contributed by atoms with Gasteiger partial charge in [-0.25, -0.2) is 9.78 Å². The quantitative estimate of drug-likeness (QED) is 0.724. The minimum absolute atomic E-state index is 0.0218. The van der Waals surface area contributed by atoms with Crippen LogP contribution in [0.4, 0.5) is 0 Å². The lowest BCUT2D eigenvalue weighted by molar-refractivity contribution is 0.0520. The molecule has 1 heterocycles. The summed E-state index contributed by atoms with van der Waals surface area (Å²) in [5.41, 5.74) is 0.800. The van der Waals surface area contributed by atoms with E-state index in [1.54, 1.807) is 41.5 Å². The van der Waals surface area contributed by atoms with E-state index in [0.29, 0.717) is 28.7 Å². The third kappa shape index (κ3) is 4.55. The van der Waals surface area contributed by atoms with Gasteiger partial charge >= 0.3 is 5.97 Å². The van der Waals surface area contributed by atoms with Crippen molar-refractivity contribution in [1.82, 2.24) is 9.88 Å². The first-order valence-corrected chi connectivity index (χ1v) is 8.86. The molecule has 2 rings (SSSR count). The SMILES string of the molecule is CCOC(=O)c1csc(CN(C(=O)c2cccc(Cl)c2)C(C)C)n1. The van der Waals surface area contributed by atoms with Gasteiger partial charge in [0, 0.05) is 22.0 Å². The van der Waals surface area contributed by atoms with Crippen LogP contribution in [-0.2, 0) is 11.3 Å². The van der Waals surface area contributed by atoms with Crippen LogP contribution in [0.15, 0.2) is 29.6 Å². The Balaban J connectivity index is 2.17. The van der Waals surface area contributed by atoms with Gasteiger partial charge in [-0.3, -0.25) is 4.79 Å². The Labute approximate surface area is 150 Å². The Morgan fingerprint density at radius 3 is 2.75 bits per heavy atom. The number of hydrogen-bond acceptors (Lipinski definition) is 5. The number of carbonyl (C=O) groups excluding carboxylic acids is 2. The molecule has 0 saturated carbocycles. The van der Waals surface area contributed by atoms with E-state index >= 15 is 0 Å². The van der Waals surface area contributed by atoms with Crippen LogP contribution in [0, 0.1) is 0 Å². The van der Waals surface area contributed by atoms with E-state index in [1.807, 2.05) is 13.8 Å². The van der Waals surface area contributed by atoms with Crippen molar-refractivity contribution in [2.75, 3.05) is 6.61 Å². The molecule has 0 saturated heterocycles. The highest BCUT2D eigenvalue weighted by Gasteiger charge is 2.21. The summed E-state index contributed by atoms with van der Waals surface area (Å²) >= 11 is 7.30. The van der Waals surface area contributed by atoms with Gasteiger partial charge in [0.05, 0.1) is 13.2 Å². The number of carbonyl (C=O) groups is 2. The average molecular weight is 367 g/mol. The predicted octanol–water partition coefficient (Wildman–Crippen LogP) is 4.02. The van der Waals surface area contributed by atoms with E-state index in [2.05, 4.69) is 4.98 Å². The molecule has 0 aliphatic carbocycles. The number of halogens is 1. The van der Waals surface area contributed by atoms with E-state index in [1.165, 1.54) is 11.3 Å². The fourth-order valence-corrected chi connectivity index (χ4v) is 3.06. The lowest BCUT2D eigenvalue weighted by Gasteiger charge is -2.26. The molecule has 2 aromatic rings. The average Bonchev–Trinajstić information content (AvgIpc) is 3.01. The summed E-state index contributed by atoms with van der Waals surface area (Å²) in [6, 6.07) is 6.83. The maximum atomic E-state index is 12.7. The minimum Gasteiger partial charge on any atom is -0.461 e. The van der Waals surface area contributed by atoms with Crippen molar-refractivity contribution in [1.29, 1.82) is 0 Å². The topological polar surface area (TPSA) is 59.5 Å². The van der Waals surface area contributed by atoms with Crippen LogP contribution in [0.25, 0.3) is 0 Å². The second-order valence-electron chi connectivity index (χ2n) is 5.38. The van der Waals surface area contributed by atoms with Crippen molar-refractivity contribution in [2.24, 2.45) is 0 Å². The first-order valence-electron chi connectivity index (χ1n) is 7.60. The predicted molar refractivity (Wildman–Crippen MR) is 94.5 cm³/mol. The molecule has 7 heteroatoms. The third-order valence-electron chi connectivity index (χ3n) is 3.30. The molecule has 24 heavy (non-hydrogen) atoms. The molecule has 128 valence electrons. The van der Waals surface area contributed by atoms with Crippen LogP contribution in [-0.4, -0.2) is 34.4 Å². The summed E-state index contributed by atoms with van der Waals surface area (Å²) < 4.78 is 4.93. The smallest absolute Gasteiger partial charge is 0.357 e. The monoisotopic (exact) mass is 366 g/mol. The zero-order valence-corrected chi connectivity index (χ0v) is 15.4. The minimum atomic E-state index is -0.447. The molecular formula is C17H19ClN2O3S. The molecule has 0 atom stereocenters. The molecule has 1 amide bonds.